The molecule has 0 spiro atoms. The highest BCUT2D eigenvalue weighted by Gasteiger charge is 2.46. The normalized spacial score (nSPS) is 21.7. The molecule has 0 saturated heterocycles. The number of carbonyl (C=O) groups excluding carboxylic acids is 1. The van der Waals surface area contributed by atoms with E-state index in [0.717, 1.165) is 0 Å². The molecule has 0 radical (unpaired) electrons. The zero-order chi connectivity index (χ0) is 15.6. The van der Waals surface area contributed by atoms with Crippen molar-refractivity contribution >= 4 is 23.5 Å². The topological polar surface area (TPSA) is 66.4 Å². The van der Waals surface area contributed by atoms with Gasteiger partial charge in [0.2, 0.25) is 5.91 Å². The molecule has 0 bridgehead atoms. The molecule has 21 heavy (non-hydrogen) atoms. The van der Waals surface area contributed by atoms with Crippen LogP contribution in [0.3, 0.4) is 0 Å². The predicted octanol–water partition coefficient (Wildman–Crippen LogP) is 2.95. The number of benzene rings is 1. The number of rotatable bonds is 6. The Bertz CT molecular complexity index is 544. The van der Waals surface area contributed by atoms with Crippen molar-refractivity contribution in [3.8, 4) is 0 Å². The molecular formula is C15H17ClFNO3. The van der Waals surface area contributed by atoms with Crippen molar-refractivity contribution in [1.29, 1.82) is 0 Å². The van der Waals surface area contributed by atoms with Crippen LogP contribution in [-0.2, 0) is 9.59 Å². The minimum atomic E-state index is -1.05. The molecule has 1 saturated carbocycles. The molecule has 6 heteroatoms. The zero-order valence-electron chi connectivity index (χ0n) is 11.6. The maximum absolute atomic E-state index is 13.8. The second-order valence-corrected chi connectivity index (χ2v) is 5.68. The van der Waals surface area contributed by atoms with Crippen LogP contribution in [0, 0.1) is 11.7 Å². The van der Waals surface area contributed by atoms with Crippen LogP contribution < -0.4 is 5.32 Å². The third kappa shape index (κ3) is 3.53. The highest BCUT2D eigenvalue weighted by atomic mass is 35.5. The number of carboxylic acid groups (broad SMARTS) is 1. The molecule has 0 aliphatic heterocycles. The first-order valence-electron chi connectivity index (χ1n) is 6.92. The Balaban J connectivity index is 2.02. The van der Waals surface area contributed by atoms with Crippen molar-refractivity contribution in [3.05, 3.63) is 34.6 Å². The van der Waals surface area contributed by atoms with Crippen molar-refractivity contribution < 1.29 is 19.1 Å². The van der Waals surface area contributed by atoms with Gasteiger partial charge in [-0.25, -0.2) is 9.18 Å². The van der Waals surface area contributed by atoms with E-state index in [4.69, 9.17) is 16.7 Å². The molecular weight excluding hydrogens is 297 g/mol. The Morgan fingerprint density at radius 3 is 2.81 bits per heavy atom. The van der Waals surface area contributed by atoms with Crippen LogP contribution in [0.25, 0.3) is 0 Å². The van der Waals surface area contributed by atoms with Gasteiger partial charge >= 0.3 is 5.97 Å². The fraction of sp³-hybridized carbons (Fsp3) is 0.467. The van der Waals surface area contributed by atoms with Gasteiger partial charge in [0.05, 0.1) is 0 Å². The van der Waals surface area contributed by atoms with E-state index >= 15 is 0 Å². The van der Waals surface area contributed by atoms with E-state index in [-0.39, 0.29) is 11.8 Å². The van der Waals surface area contributed by atoms with Crippen LogP contribution in [0.15, 0.2) is 18.2 Å². The van der Waals surface area contributed by atoms with Crippen molar-refractivity contribution in [2.24, 2.45) is 5.92 Å². The molecule has 1 aliphatic carbocycles. The summed E-state index contributed by atoms with van der Waals surface area (Å²) in [4.78, 5) is 23.1. The number of carbonyl (C=O) groups is 2. The number of amides is 1. The van der Waals surface area contributed by atoms with Gasteiger partial charge in [0.25, 0.3) is 0 Å². The molecule has 0 aromatic heterocycles. The van der Waals surface area contributed by atoms with Gasteiger partial charge < -0.3 is 10.4 Å². The van der Waals surface area contributed by atoms with Crippen molar-refractivity contribution in [2.45, 2.75) is 38.1 Å². The lowest BCUT2D eigenvalue weighted by molar-refractivity contribution is -0.142. The summed E-state index contributed by atoms with van der Waals surface area (Å²) in [6.07, 6.45) is 1.52. The summed E-state index contributed by atoms with van der Waals surface area (Å²) in [6.45, 7) is 1.85. The average molecular weight is 314 g/mol. The lowest BCUT2D eigenvalue weighted by Gasteiger charge is -2.13. The van der Waals surface area contributed by atoms with Crippen LogP contribution >= 0.6 is 11.6 Å². The Morgan fingerprint density at radius 1 is 1.52 bits per heavy atom. The van der Waals surface area contributed by atoms with E-state index in [9.17, 15) is 14.0 Å². The summed E-state index contributed by atoms with van der Waals surface area (Å²) in [5, 5.41) is 11.8. The number of hydrogen-bond donors (Lipinski definition) is 2. The first kappa shape index (κ1) is 15.8. The number of carboxylic acids is 1. The van der Waals surface area contributed by atoms with Gasteiger partial charge in [-0.2, -0.15) is 0 Å². The third-order valence-electron chi connectivity index (χ3n) is 3.69. The number of nitrogens with one attached hydrogen (secondary N) is 1. The van der Waals surface area contributed by atoms with E-state index in [1.165, 1.54) is 12.1 Å². The molecule has 1 aliphatic rings. The fourth-order valence-electron chi connectivity index (χ4n) is 2.49. The molecule has 2 N–H and O–H groups in total. The smallest absolute Gasteiger partial charge is 0.326 e. The summed E-state index contributed by atoms with van der Waals surface area (Å²) in [5.74, 6) is -2.49. The quantitative estimate of drug-likeness (QED) is 0.848. The molecule has 3 atom stereocenters. The standard InChI is InChI=1S/C15H17ClFNO3/c1-2-4-12(15(20)21)18-14(19)9-7-8(9)13-10(16)5-3-6-11(13)17/h3,5-6,8-9,12H,2,4,7H2,1H3,(H,18,19)(H,20,21). The summed E-state index contributed by atoms with van der Waals surface area (Å²) < 4.78 is 13.8. The average Bonchev–Trinajstić information content (AvgIpc) is 3.18. The minimum Gasteiger partial charge on any atom is -0.480 e. The SMILES string of the molecule is CCCC(NC(=O)C1CC1c1c(F)cccc1Cl)C(=O)O. The second-order valence-electron chi connectivity index (χ2n) is 5.27. The van der Waals surface area contributed by atoms with Crippen LogP contribution in [-0.4, -0.2) is 23.0 Å². The third-order valence-corrected chi connectivity index (χ3v) is 4.02. The Morgan fingerprint density at radius 2 is 2.24 bits per heavy atom. The van der Waals surface area contributed by atoms with E-state index in [1.807, 2.05) is 6.92 Å². The molecule has 1 aromatic rings. The first-order chi connectivity index (χ1) is 9.95. The second kappa shape index (κ2) is 6.43. The van der Waals surface area contributed by atoms with Gasteiger partial charge in [0.15, 0.2) is 0 Å². The molecule has 114 valence electrons. The molecule has 2 rings (SSSR count). The summed E-state index contributed by atoms with van der Waals surface area (Å²) in [7, 11) is 0. The molecule has 0 heterocycles. The number of hydrogen-bond acceptors (Lipinski definition) is 2. The Labute approximate surface area is 127 Å². The van der Waals surface area contributed by atoms with E-state index < -0.39 is 23.7 Å². The Kier molecular flexibility index (Phi) is 4.83. The van der Waals surface area contributed by atoms with Gasteiger partial charge in [0.1, 0.15) is 11.9 Å². The van der Waals surface area contributed by atoms with Crippen LogP contribution in [0.1, 0.15) is 37.7 Å². The van der Waals surface area contributed by atoms with Crippen LogP contribution in [0.2, 0.25) is 5.02 Å². The monoisotopic (exact) mass is 313 g/mol. The van der Waals surface area contributed by atoms with Crippen molar-refractivity contribution in [2.75, 3.05) is 0 Å². The first-order valence-corrected chi connectivity index (χ1v) is 7.30. The van der Waals surface area contributed by atoms with Gasteiger partial charge in [-0.05, 0) is 25.0 Å². The largest absolute Gasteiger partial charge is 0.480 e. The lowest BCUT2D eigenvalue weighted by Crippen LogP contribution is -2.41. The predicted molar refractivity (Wildman–Crippen MR) is 76.7 cm³/mol. The van der Waals surface area contributed by atoms with Crippen molar-refractivity contribution in [1.82, 2.24) is 5.32 Å². The maximum Gasteiger partial charge on any atom is 0.326 e. The van der Waals surface area contributed by atoms with Gasteiger partial charge in [-0.3, -0.25) is 4.79 Å². The van der Waals surface area contributed by atoms with E-state index in [0.29, 0.717) is 29.8 Å². The molecule has 1 aromatic carbocycles. The van der Waals surface area contributed by atoms with Gasteiger partial charge in [-0.1, -0.05) is 31.0 Å². The number of aliphatic carboxylic acids is 1. The van der Waals surface area contributed by atoms with Crippen molar-refractivity contribution in [3.63, 3.8) is 0 Å². The minimum absolute atomic E-state index is 0.269. The Hall–Kier alpha value is -1.62. The maximum atomic E-state index is 13.8. The van der Waals surface area contributed by atoms with Gasteiger partial charge in [0, 0.05) is 22.4 Å². The molecule has 1 amide bonds. The summed E-state index contributed by atoms with van der Waals surface area (Å²) in [6, 6.07) is 3.52. The summed E-state index contributed by atoms with van der Waals surface area (Å²) in [5.41, 5.74) is 0.349. The van der Waals surface area contributed by atoms with Gasteiger partial charge in [-0.15, -0.1) is 0 Å². The molecule has 1 fully saturated rings. The highest BCUT2D eigenvalue weighted by molar-refractivity contribution is 6.31. The summed E-state index contributed by atoms with van der Waals surface area (Å²) >= 11 is 5.97. The van der Waals surface area contributed by atoms with E-state index in [2.05, 4.69) is 5.32 Å². The fourth-order valence-corrected chi connectivity index (χ4v) is 2.80. The lowest BCUT2D eigenvalue weighted by atomic mass is 10.1. The van der Waals surface area contributed by atoms with Crippen LogP contribution in [0.4, 0.5) is 4.39 Å². The zero-order valence-corrected chi connectivity index (χ0v) is 12.4. The molecule has 3 unspecified atom stereocenters. The molecule has 4 nitrogen and oxygen atoms in total. The van der Waals surface area contributed by atoms with E-state index in [1.54, 1.807) is 6.07 Å². The number of halogens is 2. The van der Waals surface area contributed by atoms with Crippen LogP contribution in [0.5, 0.6) is 0 Å². The highest BCUT2D eigenvalue weighted by Crippen LogP contribution is 2.50.